The minimum Gasteiger partial charge on any atom is -0.497 e. The summed E-state index contributed by atoms with van der Waals surface area (Å²) in [4.78, 5) is 6.94. The summed E-state index contributed by atoms with van der Waals surface area (Å²) in [5.41, 5.74) is 1.89. The number of pyridine rings is 1. The van der Waals surface area contributed by atoms with Gasteiger partial charge in [-0.3, -0.25) is 9.88 Å². The van der Waals surface area contributed by atoms with Crippen LogP contribution in [0.1, 0.15) is 37.9 Å². The number of piperidine rings is 3. The first-order valence-electron chi connectivity index (χ1n) is 9.06. The molecule has 2 aromatic rings. The van der Waals surface area contributed by atoms with Gasteiger partial charge in [0, 0.05) is 24.2 Å². The third kappa shape index (κ3) is 4.27. The smallest absolute Gasteiger partial charge is 0.119 e. The Balaban J connectivity index is 0.00000121. The van der Waals surface area contributed by atoms with Crippen LogP contribution in [-0.2, 0) is 0 Å². The molecule has 0 saturated carbocycles. The number of aromatic nitrogens is 1. The van der Waals surface area contributed by atoms with E-state index in [9.17, 15) is 5.11 Å². The van der Waals surface area contributed by atoms with Crippen LogP contribution in [-0.4, -0.2) is 52.2 Å². The highest BCUT2D eigenvalue weighted by atomic mass is 79.9. The van der Waals surface area contributed by atoms with E-state index >= 15 is 0 Å². The topological polar surface area (TPSA) is 109 Å². The average Bonchev–Trinajstić information content (AvgIpc) is 2.66. The molecule has 5 atom stereocenters. The predicted molar refractivity (Wildman–Crippen MR) is 113 cm³/mol. The Morgan fingerprint density at radius 2 is 2.07 bits per heavy atom. The molecule has 7 heteroatoms. The van der Waals surface area contributed by atoms with Gasteiger partial charge in [0.1, 0.15) is 5.75 Å². The second-order valence-electron chi connectivity index (χ2n) is 7.24. The number of halogens is 1. The first kappa shape index (κ1) is 23.8. The standard InChI is InChI=1S/C20H26N2O2.BrH.2H2O/c1-3-13-12-22-9-7-14(13)10-19(22)20(23)16-6-8-21-18-5-4-15(24-2)11-17(16)18;;;/h4-6,8,11,13-14,19-20,23H,3,7,9-10,12H2,1-2H3;1H;2*1H2/t13-,14-,19-,20+;;;/m0.../s1. The van der Waals surface area contributed by atoms with Gasteiger partial charge in [-0.1, -0.05) is 13.3 Å². The van der Waals surface area contributed by atoms with E-state index in [1.807, 2.05) is 24.3 Å². The molecule has 0 spiro atoms. The van der Waals surface area contributed by atoms with E-state index in [0.717, 1.165) is 53.6 Å². The number of hydrogen-bond donors (Lipinski definition) is 1. The monoisotopic (exact) mass is 442 g/mol. The Kier molecular flexibility index (Phi) is 8.63. The fourth-order valence-electron chi connectivity index (χ4n) is 4.71. The zero-order valence-corrected chi connectivity index (χ0v) is 17.6. The lowest BCUT2D eigenvalue weighted by Crippen LogP contribution is -2.55. The third-order valence-electron chi connectivity index (χ3n) is 6.13. The van der Waals surface area contributed by atoms with Crippen molar-refractivity contribution in [3.05, 3.63) is 36.0 Å². The number of methoxy groups -OCH3 is 1. The number of rotatable bonds is 4. The van der Waals surface area contributed by atoms with Crippen LogP contribution in [0, 0.1) is 11.8 Å². The molecule has 3 aliphatic heterocycles. The summed E-state index contributed by atoms with van der Waals surface area (Å²) in [6, 6.07) is 8.07. The average molecular weight is 443 g/mol. The molecule has 27 heavy (non-hydrogen) atoms. The highest BCUT2D eigenvalue weighted by Gasteiger charge is 2.42. The molecule has 6 nitrogen and oxygen atoms in total. The fraction of sp³-hybridized carbons (Fsp3) is 0.550. The fourth-order valence-corrected chi connectivity index (χ4v) is 4.71. The first-order valence-corrected chi connectivity index (χ1v) is 9.06. The number of benzene rings is 1. The molecule has 5 rings (SSSR count). The van der Waals surface area contributed by atoms with E-state index in [4.69, 9.17) is 4.74 Å². The van der Waals surface area contributed by atoms with Crippen molar-refractivity contribution in [3.63, 3.8) is 0 Å². The van der Waals surface area contributed by atoms with E-state index in [1.165, 1.54) is 12.8 Å². The Labute approximate surface area is 170 Å². The molecule has 152 valence electrons. The van der Waals surface area contributed by atoms with Crippen molar-refractivity contribution in [2.75, 3.05) is 20.2 Å². The number of aliphatic hydroxyl groups excluding tert-OH is 1. The summed E-state index contributed by atoms with van der Waals surface area (Å²) < 4.78 is 5.36. The molecule has 3 fully saturated rings. The number of hydrogen-bond acceptors (Lipinski definition) is 4. The van der Waals surface area contributed by atoms with Gasteiger partial charge in [0.2, 0.25) is 0 Å². The highest BCUT2D eigenvalue weighted by molar-refractivity contribution is 8.93. The molecular weight excluding hydrogens is 412 g/mol. The number of nitrogens with zero attached hydrogens (tertiary/aromatic N) is 2. The maximum Gasteiger partial charge on any atom is 0.119 e. The van der Waals surface area contributed by atoms with Gasteiger partial charge in [-0.15, -0.1) is 17.0 Å². The molecule has 3 saturated heterocycles. The van der Waals surface area contributed by atoms with E-state index in [-0.39, 0.29) is 34.0 Å². The highest BCUT2D eigenvalue weighted by Crippen LogP contribution is 2.42. The summed E-state index contributed by atoms with van der Waals surface area (Å²) in [6.45, 7) is 4.55. The van der Waals surface area contributed by atoms with Crippen molar-refractivity contribution < 1.29 is 20.8 Å². The number of fused-ring (bicyclic) bond motifs is 4. The quantitative estimate of drug-likeness (QED) is 0.782. The maximum atomic E-state index is 11.2. The number of aliphatic hydroxyl groups is 1. The SMILES string of the molecule is Br.CC[C@H]1C[N@]2CC[C@H]1C[C@H]2[C@H](O)c1ccnc2ccc(OC)cc12.O.O. The van der Waals surface area contributed by atoms with Gasteiger partial charge in [0.25, 0.3) is 0 Å². The summed E-state index contributed by atoms with van der Waals surface area (Å²) in [5.74, 6) is 2.37. The molecule has 4 heterocycles. The van der Waals surface area contributed by atoms with E-state index in [1.54, 1.807) is 13.3 Å². The van der Waals surface area contributed by atoms with Gasteiger partial charge >= 0.3 is 0 Å². The van der Waals surface area contributed by atoms with Crippen molar-refractivity contribution in [2.24, 2.45) is 11.8 Å². The molecule has 0 aliphatic carbocycles. The minimum absolute atomic E-state index is 0. The van der Waals surface area contributed by atoms with Gasteiger partial charge in [-0.2, -0.15) is 0 Å². The number of ether oxygens (including phenoxy) is 1. The lowest BCUT2D eigenvalue weighted by molar-refractivity contribution is -0.0562. The normalized spacial score (nSPS) is 27.1. The van der Waals surface area contributed by atoms with Crippen molar-refractivity contribution >= 4 is 27.9 Å². The minimum atomic E-state index is -0.469. The molecule has 0 radical (unpaired) electrons. The Bertz CT molecular complexity index is 745. The van der Waals surface area contributed by atoms with Crippen LogP contribution in [0.5, 0.6) is 5.75 Å². The largest absolute Gasteiger partial charge is 0.497 e. The molecule has 3 aliphatic rings. The summed E-state index contributed by atoms with van der Waals surface area (Å²) in [7, 11) is 1.67. The van der Waals surface area contributed by atoms with Gasteiger partial charge in [-0.25, -0.2) is 0 Å². The zero-order chi connectivity index (χ0) is 16.7. The van der Waals surface area contributed by atoms with Crippen LogP contribution in [0.15, 0.2) is 30.5 Å². The third-order valence-corrected chi connectivity index (χ3v) is 6.13. The van der Waals surface area contributed by atoms with Gasteiger partial charge < -0.3 is 20.8 Å². The van der Waals surface area contributed by atoms with Crippen LogP contribution in [0.3, 0.4) is 0 Å². The Morgan fingerprint density at radius 3 is 2.70 bits per heavy atom. The maximum absolute atomic E-state index is 11.2. The molecule has 0 amide bonds. The molecule has 2 bridgehead atoms. The molecule has 5 N–H and O–H groups in total. The van der Waals surface area contributed by atoms with Gasteiger partial charge in [0.15, 0.2) is 0 Å². The van der Waals surface area contributed by atoms with Crippen LogP contribution in [0.2, 0.25) is 0 Å². The van der Waals surface area contributed by atoms with Gasteiger partial charge in [0.05, 0.1) is 18.7 Å². The van der Waals surface area contributed by atoms with E-state index in [0.29, 0.717) is 0 Å². The second kappa shape index (κ2) is 9.80. The molecule has 1 aromatic heterocycles. The van der Waals surface area contributed by atoms with Crippen molar-refractivity contribution in [1.82, 2.24) is 9.88 Å². The summed E-state index contributed by atoms with van der Waals surface area (Å²) >= 11 is 0. The lowest BCUT2D eigenvalue weighted by atomic mass is 9.72. The van der Waals surface area contributed by atoms with Crippen molar-refractivity contribution in [1.29, 1.82) is 0 Å². The molecule has 1 aromatic carbocycles. The summed E-state index contributed by atoms with van der Waals surface area (Å²) in [6.07, 6.45) is 4.97. The lowest BCUT2D eigenvalue weighted by Gasteiger charge is -2.51. The van der Waals surface area contributed by atoms with E-state index < -0.39 is 6.10 Å². The van der Waals surface area contributed by atoms with Gasteiger partial charge in [-0.05, 0) is 61.1 Å². The predicted octanol–water partition coefficient (Wildman–Crippen LogP) is 2.33. The summed E-state index contributed by atoms with van der Waals surface area (Å²) in [5, 5.41) is 12.2. The molecule has 0 unspecified atom stereocenters. The van der Waals surface area contributed by atoms with Crippen molar-refractivity contribution in [2.45, 2.75) is 38.3 Å². The van der Waals surface area contributed by atoms with Crippen LogP contribution >= 0.6 is 17.0 Å². The molecular formula is C20H31BrN2O4. The van der Waals surface area contributed by atoms with Crippen LogP contribution in [0.25, 0.3) is 10.9 Å². The zero-order valence-electron chi connectivity index (χ0n) is 15.9. The van der Waals surface area contributed by atoms with Crippen LogP contribution < -0.4 is 4.74 Å². The second-order valence-corrected chi connectivity index (χ2v) is 7.24. The van der Waals surface area contributed by atoms with E-state index in [2.05, 4.69) is 16.8 Å². The Hall–Kier alpha value is -1.25. The van der Waals surface area contributed by atoms with Crippen molar-refractivity contribution in [3.8, 4) is 5.75 Å². The first-order chi connectivity index (χ1) is 11.7. The van der Waals surface area contributed by atoms with Crippen LogP contribution in [0.4, 0.5) is 0 Å². The Morgan fingerprint density at radius 1 is 1.30 bits per heavy atom.